The highest BCUT2D eigenvalue weighted by atomic mass is 19.1. The highest BCUT2D eigenvalue weighted by Gasteiger charge is 2.06. The summed E-state index contributed by atoms with van der Waals surface area (Å²) in [6, 6.07) is 10.3. The molecule has 1 N–H and O–H groups in total. The molecule has 0 amide bonds. The first-order chi connectivity index (χ1) is 9.10. The Morgan fingerprint density at radius 3 is 2.58 bits per heavy atom. The second-order valence-corrected chi connectivity index (χ2v) is 4.63. The first kappa shape index (κ1) is 13.6. The van der Waals surface area contributed by atoms with Gasteiger partial charge in [-0.1, -0.05) is 23.8 Å². The van der Waals surface area contributed by atoms with Gasteiger partial charge in [0.1, 0.15) is 18.2 Å². The fourth-order valence-corrected chi connectivity index (χ4v) is 1.92. The van der Waals surface area contributed by atoms with Gasteiger partial charge in [0.15, 0.2) is 0 Å². The number of ether oxygens (including phenoxy) is 1. The van der Waals surface area contributed by atoms with Crippen molar-refractivity contribution in [1.82, 2.24) is 0 Å². The quantitative estimate of drug-likeness (QED) is 0.911. The SMILES string of the molecule is Cc1ccc(C)c(COc2ccc(F)cc2CO)c1. The molecule has 19 heavy (non-hydrogen) atoms. The molecular formula is C16H17FO2. The number of hydrogen-bond donors (Lipinski definition) is 1. The molecule has 0 radical (unpaired) electrons. The molecule has 0 bridgehead atoms. The largest absolute Gasteiger partial charge is 0.489 e. The van der Waals surface area contributed by atoms with Gasteiger partial charge in [-0.15, -0.1) is 0 Å². The highest BCUT2D eigenvalue weighted by Crippen LogP contribution is 2.22. The number of aryl methyl sites for hydroxylation is 2. The lowest BCUT2D eigenvalue weighted by Crippen LogP contribution is -2.01. The van der Waals surface area contributed by atoms with Gasteiger partial charge in [-0.2, -0.15) is 0 Å². The lowest BCUT2D eigenvalue weighted by molar-refractivity contribution is 0.258. The Kier molecular flexibility index (Phi) is 4.17. The predicted octanol–water partition coefficient (Wildman–Crippen LogP) is 3.51. The van der Waals surface area contributed by atoms with E-state index in [9.17, 15) is 9.50 Å². The second kappa shape index (κ2) is 5.85. The summed E-state index contributed by atoms with van der Waals surface area (Å²) in [6.07, 6.45) is 0. The van der Waals surface area contributed by atoms with Gasteiger partial charge in [0.2, 0.25) is 0 Å². The van der Waals surface area contributed by atoms with E-state index in [-0.39, 0.29) is 12.4 Å². The van der Waals surface area contributed by atoms with Crippen molar-refractivity contribution in [3.63, 3.8) is 0 Å². The maximum atomic E-state index is 13.0. The van der Waals surface area contributed by atoms with E-state index >= 15 is 0 Å². The molecule has 0 aromatic heterocycles. The van der Waals surface area contributed by atoms with Crippen molar-refractivity contribution in [1.29, 1.82) is 0 Å². The van der Waals surface area contributed by atoms with Crippen LogP contribution < -0.4 is 4.74 Å². The van der Waals surface area contributed by atoms with Crippen LogP contribution in [0.3, 0.4) is 0 Å². The van der Waals surface area contributed by atoms with Crippen LogP contribution in [0.25, 0.3) is 0 Å². The average molecular weight is 260 g/mol. The standard InChI is InChI=1S/C16H17FO2/c1-11-3-4-12(2)14(7-11)10-19-16-6-5-15(17)8-13(16)9-18/h3-8,18H,9-10H2,1-2H3. The Labute approximate surface area is 112 Å². The number of rotatable bonds is 4. The van der Waals surface area contributed by atoms with E-state index in [0.29, 0.717) is 17.9 Å². The number of benzene rings is 2. The zero-order valence-corrected chi connectivity index (χ0v) is 11.1. The summed E-state index contributed by atoms with van der Waals surface area (Å²) in [5.41, 5.74) is 3.88. The molecule has 2 rings (SSSR count). The summed E-state index contributed by atoms with van der Waals surface area (Å²) in [5.74, 6) is 0.146. The van der Waals surface area contributed by atoms with Crippen molar-refractivity contribution < 1.29 is 14.2 Å². The molecular weight excluding hydrogens is 243 g/mol. The third-order valence-electron chi connectivity index (χ3n) is 3.08. The summed E-state index contributed by atoms with van der Waals surface area (Å²) in [7, 11) is 0. The van der Waals surface area contributed by atoms with Crippen LogP contribution in [0.1, 0.15) is 22.3 Å². The van der Waals surface area contributed by atoms with Crippen LogP contribution in [0, 0.1) is 19.7 Å². The van der Waals surface area contributed by atoms with E-state index < -0.39 is 0 Å². The van der Waals surface area contributed by atoms with Gasteiger partial charge in [-0.3, -0.25) is 0 Å². The minimum absolute atomic E-state index is 0.236. The zero-order chi connectivity index (χ0) is 13.8. The molecule has 0 saturated heterocycles. The predicted molar refractivity (Wildman–Crippen MR) is 72.6 cm³/mol. The van der Waals surface area contributed by atoms with Gasteiger partial charge in [0, 0.05) is 5.56 Å². The normalized spacial score (nSPS) is 10.5. The van der Waals surface area contributed by atoms with Crippen molar-refractivity contribution in [3.05, 3.63) is 64.5 Å². The number of aliphatic hydroxyl groups excluding tert-OH is 1. The first-order valence-electron chi connectivity index (χ1n) is 6.18. The van der Waals surface area contributed by atoms with Crippen molar-refractivity contribution in [3.8, 4) is 5.75 Å². The first-order valence-corrected chi connectivity index (χ1v) is 6.18. The van der Waals surface area contributed by atoms with Crippen molar-refractivity contribution in [2.75, 3.05) is 0 Å². The molecule has 2 nitrogen and oxygen atoms in total. The third kappa shape index (κ3) is 3.32. The summed E-state index contributed by atoms with van der Waals surface area (Å²) >= 11 is 0. The Morgan fingerprint density at radius 2 is 1.84 bits per heavy atom. The molecule has 0 spiro atoms. The van der Waals surface area contributed by atoms with Crippen LogP contribution in [-0.4, -0.2) is 5.11 Å². The molecule has 0 aliphatic rings. The fraction of sp³-hybridized carbons (Fsp3) is 0.250. The maximum absolute atomic E-state index is 13.0. The van der Waals surface area contributed by atoms with Gasteiger partial charge >= 0.3 is 0 Å². The molecule has 100 valence electrons. The summed E-state index contributed by atoms with van der Waals surface area (Å²) in [5, 5.41) is 9.19. The second-order valence-electron chi connectivity index (χ2n) is 4.63. The Bertz CT molecular complexity index is 579. The Balaban J connectivity index is 2.16. The molecule has 0 aliphatic heterocycles. The molecule has 0 unspecified atom stereocenters. The van der Waals surface area contributed by atoms with Crippen LogP contribution >= 0.6 is 0 Å². The topological polar surface area (TPSA) is 29.5 Å². The monoisotopic (exact) mass is 260 g/mol. The summed E-state index contributed by atoms with van der Waals surface area (Å²) in [6.45, 7) is 4.22. The molecule has 2 aromatic rings. The van der Waals surface area contributed by atoms with E-state index in [1.54, 1.807) is 6.07 Å². The lowest BCUT2D eigenvalue weighted by Gasteiger charge is -2.12. The van der Waals surface area contributed by atoms with Crippen LogP contribution in [0.15, 0.2) is 36.4 Å². The fourth-order valence-electron chi connectivity index (χ4n) is 1.92. The van der Waals surface area contributed by atoms with Gasteiger partial charge in [0.05, 0.1) is 6.61 Å². The van der Waals surface area contributed by atoms with Gasteiger partial charge < -0.3 is 9.84 Å². The summed E-state index contributed by atoms with van der Waals surface area (Å²) in [4.78, 5) is 0. The maximum Gasteiger partial charge on any atom is 0.125 e. The average Bonchev–Trinajstić information content (AvgIpc) is 2.40. The highest BCUT2D eigenvalue weighted by molar-refractivity contribution is 5.35. The van der Waals surface area contributed by atoms with Crippen LogP contribution in [0.5, 0.6) is 5.75 Å². The molecule has 0 saturated carbocycles. The Morgan fingerprint density at radius 1 is 1.05 bits per heavy atom. The minimum atomic E-state index is -0.372. The van der Waals surface area contributed by atoms with Crippen LogP contribution in [0.4, 0.5) is 4.39 Å². The molecule has 3 heteroatoms. The molecule has 0 atom stereocenters. The van der Waals surface area contributed by atoms with E-state index in [0.717, 1.165) is 11.1 Å². The van der Waals surface area contributed by atoms with Crippen molar-refractivity contribution in [2.24, 2.45) is 0 Å². The van der Waals surface area contributed by atoms with Gasteiger partial charge in [0.25, 0.3) is 0 Å². The molecule has 2 aromatic carbocycles. The number of hydrogen-bond acceptors (Lipinski definition) is 2. The third-order valence-corrected chi connectivity index (χ3v) is 3.08. The van der Waals surface area contributed by atoms with Crippen LogP contribution in [0.2, 0.25) is 0 Å². The minimum Gasteiger partial charge on any atom is -0.489 e. The van der Waals surface area contributed by atoms with Gasteiger partial charge in [-0.05, 0) is 43.2 Å². The zero-order valence-electron chi connectivity index (χ0n) is 11.1. The number of aliphatic hydroxyl groups is 1. The van der Waals surface area contributed by atoms with Crippen molar-refractivity contribution in [2.45, 2.75) is 27.1 Å². The summed E-state index contributed by atoms with van der Waals surface area (Å²) < 4.78 is 18.7. The van der Waals surface area contributed by atoms with Crippen LogP contribution in [-0.2, 0) is 13.2 Å². The van der Waals surface area contributed by atoms with Crippen molar-refractivity contribution >= 4 is 0 Å². The van der Waals surface area contributed by atoms with E-state index in [4.69, 9.17) is 4.74 Å². The molecule has 0 heterocycles. The Hall–Kier alpha value is -1.87. The van der Waals surface area contributed by atoms with E-state index in [1.165, 1.54) is 17.7 Å². The molecule has 0 aliphatic carbocycles. The lowest BCUT2D eigenvalue weighted by atomic mass is 10.1. The smallest absolute Gasteiger partial charge is 0.125 e. The van der Waals surface area contributed by atoms with E-state index in [2.05, 4.69) is 12.1 Å². The van der Waals surface area contributed by atoms with Gasteiger partial charge in [-0.25, -0.2) is 4.39 Å². The molecule has 0 fully saturated rings. The van der Waals surface area contributed by atoms with E-state index in [1.807, 2.05) is 19.9 Å². The number of halogens is 1.